The average molecular weight is 387 g/mol. The van der Waals surface area contributed by atoms with Crippen LogP contribution in [0.15, 0.2) is 24.3 Å². The fourth-order valence-corrected chi connectivity index (χ4v) is 4.81. The maximum absolute atomic E-state index is 12.5. The Balaban J connectivity index is 1.67. The maximum atomic E-state index is 12.5. The van der Waals surface area contributed by atoms with E-state index in [0.29, 0.717) is 13.0 Å². The zero-order valence-corrected chi connectivity index (χ0v) is 17.7. The van der Waals surface area contributed by atoms with Gasteiger partial charge < -0.3 is 20.0 Å². The second-order valence-corrected chi connectivity index (χ2v) is 8.79. The summed E-state index contributed by atoms with van der Waals surface area (Å²) in [5.74, 6) is 0.408. The maximum Gasteiger partial charge on any atom is 0.319 e. The van der Waals surface area contributed by atoms with Gasteiger partial charge in [-0.3, -0.25) is 4.79 Å². The molecule has 1 spiro atoms. The molecule has 6 heteroatoms. The molecule has 154 valence electrons. The number of piperidine rings is 1. The van der Waals surface area contributed by atoms with E-state index in [4.69, 9.17) is 0 Å². The van der Waals surface area contributed by atoms with Gasteiger partial charge in [0.2, 0.25) is 5.91 Å². The Bertz CT molecular complexity index is 708. The lowest BCUT2D eigenvalue weighted by atomic mass is 9.73. The van der Waals surface area contributed by atoms with Gasteiger partial charge in [-0.25, -0.2) is 4.79 Å². The van der Waals surface area contributed by atoms with Crippen LogP contribution in [0.1, 0.15) is 42.7 Å². The Morgan fingerprint density at radius 2 is 1.82 bits per heavy atom. The van der Waals surface area contributed by atoms with E-state index in [1.807, 2.05) is 33.1 Å². The Morgan fingerprint density at radius 3 is 2.46 bits per heavy atom. The van der Waals surface area contributed by atoms with Crippen molar-refractivity contribution < 1.29 is 9.59 Å². The topological polar surface area (TPSA) is 55.9 Å². The normalized spacial score (nSPS) is 20.3. The third kappa shape index (κ3) is 4.32. The second kappa shape index (κ2) is 8.52. The molecule has 0 saturated carbocycles. The number of carbonyl (C=O) groups excluding carboxylic acids is 2. The third-order valence-corrected chi connectivity index (χ3v) is 6.30. The first-order chi connectivity index (χ1) is 13.3. The predicted octanol–water partition coefficient (Wildman–Crippen LogP) is 2.26. The van der Waals surface area contributed by atoms with E-state index in [-0.39, 0.29) is 23.3 Å². The summed E-state index contributed by atoms with van der Waals surface area (Å²) in [6, 6.07) is 8.72. The number of carbonyl (C=O) groups is 2. The van der Waals surface area contributed by atoms with Crippen LogP contribution in [0, 0.1) is 0 Å². The van der Waals surface area contributed by atoms with Crippen molar-refractivity contribution in [1.29, 1.82) is 0 Å². The number of nitrogens with zero attached hydrogens (tertiary/aromatic N) is 3. The Hall–Kier alpha value is -2.08. The van der Waals surface area contributed by atoms with Crippen LogP contribution < -0.4 is 5.32 Å². The average Bonchev–Trinajstić information content (AvgIpc) is 2.95. The van der Waals surface area contributed by atoms with Gasteiger partial charge in [0, 0.05) is 46.7 Å². The molecule has 1 aliphatic carbocycles. The van der Waals surface area contributed by atoms with Crippen molar-refractivity contribution in [2.45, 2.75) is 37.0 Å². The number of urea groups is 1. The van der Waals surface area contributed by atoms with Crippen molar-refractivity contribution in [3.63, 3.8) is 0 Å². The summed E-state index contributed by atoms with van der Waals surface area (Å²) >= 11 is 0. The van der Waals surface area contributed by atoms with E-state index < -0.39 is 0 Å². The van der Waals surface area contributed by atoms with Gasteiger partial charge in [-0.05, 0) is 55.8 Å². The Kier molecular flexibility index (Phi) is 6.28. The van der Waals surface area contributed by atoms with Crippen molar-refractivity contribution in [2.75, 3.05) is 54.4 Å². The highest BCUT2D eigenvalue weighted by molar-refractivity contribution is 5.77. The van der Waals surface area contributed by atoms with Gasteiger partial charge in [0.25, 0.3) is 0 Å². The van der Waals surface area contributed by atoms with E-state index >= 15 is 0 Å². The second-order valence-electron chi connectivity index (χ2n) is 8.79. The summed E-state index contributed by atoms with van der Waals surface area (Å²) in [4.78, 5) is 30.5. The molecular weight excluding hydrogens is 352 g/mol. The molecule has 1 atom stereocenters. The van der Waals surface area contributed by atoms with Crippen molar-refractivity contribution in [3.05, 3.63) is 35.4 Å². The van der Waals surface area contributed by atoms with Crippen LogP contribution >= 0.6 is 0 Å². The van der Waals surface area contributed by atoms with E-state index in [0.717, 1.165) is 38.9 Å². The standard InChI is InChI=1S/C22H34N4O2/c1-24(2)14-11-23-20(27)15-17-16-22(19-8-6-5-7-18(17)19)9-12-26(13-10-22)21(28)25(3)4/h5-8,17H,9-16H2,1-4H3,(H,23,27)/t17-/m1/s1. The molecule has 1 heterocycles. The van der Waals surface area contributed by atoms with E-state index in [1.165, 1.54) is 11.1 Å². The van der Waals surface area contributed by atoms with Crippen LogP contribution in [-0.2, 0) is 10.2 Å². The first-order valence-corrected chi connectivity index (χ1v) is 10.3. The number of likely N-dealkylation sites (N-methyl/N-ethyl adjacent to an activating group) is 1. The van der Waals surface area contributed by atoms with Crippen molar-refractivity contribution in [1.82, 2.24) is 20.0 Å². The Morgan fingerprint density at radius 1 is 1.14 bits per heavy atom. The first-order valence-electron chi connectivity index (χ1n) is 10.3. The molecular formula is C22H34N4O2. The van der Waals surface area contributed by atoms with E-state index in [2.05, 4.69) is 34.5 Å². The molecule has 6 nitrogen and oxygen atoms in total. The van der Waals surface area contributed by atoms with Crippen molar-refractivity contribution >= 4 is 11.9 Å². The largest absolute Gasteiger partial charge is 0.355 e. The molecule has 3 rings (SSSR count). The number of amides is 3. The Labute approximate surface area is 168 Å². The molecule has 2 aliphatic rings. The lowest BCUT2D eigenvalue weighted by Gasteiger charge is -2.41. The summed E-state index contributed by atoms with van der Waals surface area (Å²) in [7, 11) is 7.64. The SMILES string of the molecule is CN(C)CCNC(=O)C[C@@H]1CC2(CCN(C(=O)N(C)C)CC2)c2ccccc21. The fourth-order valence-electron chi connectivity index (χ4n) is 4.81. The first kappa shape index (κ1) is 20.6. The van der Waals surface area contributed by atoms with Gasteiger partial charge in [-0.15, -0.1) is 0 Å². The zero-order chi connectivity index (χ0) is 20.3. The van der Waals surface area contributed by atoms with Crippen LogP contribution in [0.2, 0.25) is 0 Å². The lowest BCUT2D eigenvalue weighted by molar-refractivity contribution is -0.121. The number of hydrogen-bond acceptors (Lipinski definition) is 3. The van der Waals surface area contributed by atoms with Crippen LogP contribution in [0.25, 0.3) is 0 Å². The molecule has 1 aromatic rings. The summed E-state index contributed by atoms with van der Waals surface area (Å²) in [5, 5.41) is 3.06. The van der Waals surface area contributed by atoms with Gasteiger partial charge in [0.05, 0.1) is 0 Å². The van der Waals surface area contributed by atoms with Gasteiger partial charge in [0.1, 0.15) is 0 Å². The summed E-state index contributed by atoms with van der Waals surface area (Å²) < 4.78 is 0. The molecule has 1 aliphatic heterocycles. The van der Waals surface area contributed by atoms with Crippen LogP contribution in [-0.4, -0.2) is 81.0 Å². The molecule has 1 fully saturated rings. The molecule has 0 bridgehead atoms. The smallest absolute Gasteiger partial charge is 0.319 e. The minimum Gasteiger partial charge on any atom is -0.355 e. The number of benzene rings is 1. The molecule has 0 radical (unpaired) electrons. The van der Waals surface area contributed by atoms with Crippen LogP contribution in [0.5, 0.6) is 0 Å². The highest BCUT2D eigenvalue weighted by Gasteiger charge is 2.46. The zero-order valence-electron chi connectivity index (χ0n) is 17.7. The molecule has 1 N–H and O–H groups in total. The summed E-state index contributed by atoms with van der Waals surface area (Å²) in [6.07, 6.45) is 3.51. The quantitative estimate of drug-likeness (QED) is 0.845. The number of hydrogen-bond donors (Lipinski definition) is 1. The summed E-state index contributed by atoms with van der Waals surface area (Å²) in [6.45, 7) is 3.11. The van der Waals surface area contributed by atoms with E-state index in [1.54, 1.807) is 4.90 Å². The number of rotatable bonds is 5. The third-order valence-electron chi connectivity index (χ3n) is 6.30. The fraction of sp³-hybridized carbons (Fsp3) is 0.636. The minimum atomic E-state index is 0.0953. The predicted molar refractivity (Wildman–Crippen MR) is 112 cm³/mol. The van der Waals surface area contributed by atoms with Crippen LogP contribution in [0.4, 0.5) is 4.79 Å². The monoisotopic (exact) mass is 386 g/mol. The van der Waals surface area contributed by atoms with Gasteiger partial charge in [-0.2, -0.15) is 0 Å². The molecule has 28 heavy (non-hydrogen) atoms. The lowest BCUT2D eigenvalue weighted by Crippen LogP contribution is -2.47. The van der Waals surface area contributed by atoms with Crippen LogP contribution in [0.3, 0.4) is 0 Å². The molecule has 1 saturated heterocycles. The molecule has 0 aromatic heterocycles. The van der Waals surface area contributed by atoms with Gasteiger partial charge in [-0.1, -0.05) is 24.3 Å². The highest BCUT2D eigenvalue weighted by Crippen LogP contribution is 2.52. The van der Waals surface area contributed by atoms with Crippen molar-refractivity contribution in [2.24, 2.45) is 0 Å². The summed E-state index contributed by atoms with van der Waals surface area (Å²) in [5.41, 5.74) is 2.84. The number of fused-ring (bicyclic) bond motifs is 2. The molecule has 0 unspecified atom stereocenters. The van der Waals surface area contributed by atoms with Gasteiger partial charge >= 0.3 is 6.03 Å². The molecule has 1 aromatic carbocycles. The number of nitrogens with one attached hydrogen (secondary N) is 1. The van der Waals surface area contributed by atoms with E-state index in [9.17, 15) is 9.59 Å². The number of likely N-dealkylation sites (tertiary alicyclic amines) is 1. The minimum absolute atomic E-state index is 0.0953. The van der Waals surface area contributed by atoms with Crippen molar-refractivity contribution in [3.8, 4) is 0 Å². The molecule has 3 amide bonds. The highest BCUT2D eigenvalue weighted by atomic mass is 16.2. The van der Waals surface area contributed by atoms with Gasteiger partial charge in [0.15, 0.2) is 0 Å².